The summed E-state index contributed by atoms with van der Waals surface area (Å²) in [5.74, 6) is -3.01. The molecule has 9 heteroatoms. The maximum atomic E-state index is 13.2. The second-order valence-corrected chi connectivity index (χ2v) is 6.95. The van der Waals surface area contributed by atoms with Gasteiger partial charge in [-0.3, -0.25) is 19.3 Å². The molecule has 0 unspecified atom stereocenters. The van der Waals surface area contributed by atoms with Crippen molar-refractivity contribution in [3.63, 3.8) is 0 Å². The van der Waals surface area contributed by atoms with Gasteiger partial charge in [-0.25, -0.2) is 8.78 Å². The number of carbonyl (C=O) groups is 1. The molecule has 2 N–H and O–H groups in total. The fourth-order valence-corrected chi connectivity index (χ4v) is 3.34. The van der Waals surface area contributed by atoms with Crippen LogP contribution in [0.25, 0.3) is 0 Å². The van der Waals surface area contributed by atoms with E-state index in [9.17, 15) is 28.6 Å². The van der Waals surface area contributed by atoms with Crippen LogP contribution < -0.4 is 10.4 Å². The molecule has 0 radical (unpaired) electrons. The highest BCUT2D eigenvalue weighted by atomic mass is 19.1. The Morgan fingerprint density at radius 1 is 0.833 bits per heavy atom. The van der Waals surface area contributed by atoms with Crippen LogP contribution in [0.2, 0.25) is 0 Å². The molecule has 2 heterocycles. The Bertz CT molecular complexity index is 1160. The van der Waals surface area contributed by atoms with Gasteiger partial charge in [-0.2, -0.15) is 0 Å². The van der Waals surface area contributed by atoms with Crippen molar-refractivity contribution in [1.29, 1.82) is 0 Å². The number of halogens is 2. The summed E-state index contributed by atoms with van der Waals surface area (Å²) >= 11 is 0. The van der Waals surface area contributed by atoms with E-state index >= 15 is 0 Å². The van der Waals surface area contributed by atoms with E-state index in [-0.39, 0.29) is 25.5 Å². The lowest BCUT2D eigenvalue weighted by atomic mass is 10.1. The maximum Gasteiger partial charge on any atom is 0.278 e. The number of amides is 1. The van der Waals surface area contributed by atoms with Crippen molar-refractivity contribution in [3.8, 4) is 11.5 Å². The molecule has 3 aromatic rings. The zero-order chi connectivity index (χ0) is 21.4. The third kappa shape index (κ3) is 3.57. The molecule has 1 amide bonds. The van der Waals surface area contributed by atoms with Gasteiger partial charge in [0.25, 0.3) is 11.3 Å². The summed E-state index contributed by atoms with van der Waals surface area (Å²) < 4.78 is 27.7. The average Bonchev–Trinajstić information content (AvgIpc) is 2.72. The summed E-state index contributed by atoms with van der Waals surface area (Å²) in [4.78, 5) is 26.4. The van der Waals surface area contributed by atoms with Gasteiger partial charge < -0.3 is 15.1 Å². The second kappa shape index (κ2) is 7.51. The molecule has 1 aliphatic heterocycles. The number of carbonyl (C=O) groups excluding carboxylic acids is 1. The lowest BCUT2D eigenvalue weighted by Crippen LogP contribution is -2.53. The van der Waals surface area contributed by atoms with Crippen molar-refractivity contribution in [2.45, 2.75) is 13.1 Å². The quantitative estimate of drug-likeness (QED) is 0.686. The molecular formula is C21H17F2N3O4. The number of rotatable bonds is 4. The van der Waals surface area contributed by atoms with Gasteiger partial charge in [-0.05, 0) is 35.4 Å². The smallest absolute Gasteiger partial charge is 0.278 e. The zero-order valence-corrected chi connectivity index (χ0v) is 15.6. The fraction of sp³-hybridized carbons (Fsp3) is 0.143. The van der Waals surface area contributed by atoms with Crippen LogP contribution >= 0.6 is 0 Å². The van der Waals surface area contributed by atoms with Crippen LogP contribution in [0.3, 0.4) is 0 Å². The van der Waals surface area contributed by atoms with E-state index in [1.54, 1.807) is 17.1 Å². The number of nitrogens with zero attached hydrogens (tertiary/aromatic N) is 3. The molecule has 0 atom stereocenters. The SMILES string of the molecule is O=C1c2c(O)c(=O)c(O)cn2N(Cc2ccc(F)cc2)CN1Cc1ccc(F)cc1. The Labute approximate surface area is 169 Å². The molecule has 0 saturated heterocycles. The number of hydrogen-bond acceptors (Lipinski definition) is 5. The van der Waals surface area contributed by atoms with Crippen molar-refractivity contribution in [2.24, 2.45) is 0 Å². The van der Waals surface area contributed by atoms with Crippen molar-refractivity contribution in [1.82, 2.24) is 9.58 Å². The first kappa shape index (κ1) is 19.4. The van der Waals surface area contributed by atoms with Gasteiger partial charge in [-0.15, -0.1) is 0 Å². The standard InChI is InChI=1S/C21H17F2N3O4/c22-15-5-1-13(2-6-15)9-24-12-25(10-14-3-7-16(23)8-4-14)26-11-17(27)19(28)20(29)18(26)21(24)30/h1-8,11,27,29H,9-10,12H2. The summed E-state index contributed by atoms with van der Waals surface area (Å²) in [5, 5.41) is 21.7. The minimum absolute atomic E-state index is 0.0440. The predicted molar refractivity (Wildman–Crippen MR) is 103 cm³/mol. The number of benzene rings is 2. The Morgan fingerprint density at radius 2 is 1.37 bits per heavy atom. The summed E-state index contributed by atoms with van der Waals surface area (Å²) in [7, 11) is 0. The van der Waals surface area contributed by atoms with Crippen LogP contribution in [0.1, 0.15) is 21.6 Å². The van der Waals surface area contributed by atoms with Crippen molar-refractivity contribution in [2.75, 3.05) is 11.7 Å². The van der Waals surface area contributed by atoms with Crippen LogP contribution in [0.15, 0.2) is 59.5 Å². The van der Waals surface area contributed by atoms with E-state index in [0.29, 0.717) is 11.1 Å². The third-order valence-corrected chi connectivity index (χ3v) is 4.84. The van der Waals surface area contributed by atoms with Crippen LogP contribution in [-0.4, -0.2) is 32.4 Å². The molecule has 30 heavy (non-hydrogen) atoms. The summed E-state index contributed by atoms with van der Waals surface area (Å²) in [6, 6.07) is 11.3. The van der Waals surface area contributed by atoms with Crippen LogP contribution in [-0.2, 0) is 13.1 Å². The summed E-state index contributed by atoms with van der Waals surface area (Å²) in [6.45, 7) is 0.345. The minimum atomic E-state index is -1.06. The number of aromatic hydroxyl groups is 2. The highest BCUT2D eigenvalue weighted by Crippen LogP contribution is 2.25. The van der Waals surface area contributed by atoms with Crippen LogP contribution in [0, 0.1) is 11.6 Å². The van der Waals surface area contributed by atoms with E-state index in [0.717, 1.165) is 6.20 Å². The molecule has 0 spiro atoms. The number of pyridine rings is 1. The minimum Gasteiger partial charge on any atom is -0.503 e. The van der Waals surface area contributed by atoms with Crippen molar-refractivity contribution >= 4 is 5.91 Å². The first-order chi connectivity index (χ1) is 14.3. The van der Waals surface area contributed by atoms with E-state index in [1.165, 1.54) is 46.0 Å². The Morgan fingerprint density at radius 3 is 1.93 bits per heavy atom. The van der Waals surface area contributed by atoms with Gasteiger partial charge in [0.05, 0.1) is 12.7 Å². The monoisotopic (exact) mass is 413 g/mol. The number of hydrogen-bond donors (Lipinski definition) is 2. The second-order valence-electron chi connectivity index (χ2n) is 6.95. The lowest BCUT2D eigenvalue weighted by molar-refractivity contribution is 0.0670. The molecular weight excluding hydrogens is 396 g/mol. The first-order valence-electron chi connectivity index (χ1n) is 9.04. The van der Waals surface area contributed by atoms with Gasteiger partial charge in [0.1, 0.15) is 18.3 Å². The number of aromatic nitrogens is 1. The molecule has 0 saturated carbocycles. The molecule has 7 nitrogen and oxygen atoms in total. The van der Waals surface area contributed by atoms with Gasteiger partial charge in [0.15, 0.2) is 17.2 Å². The molecule has 0 fully saturated rings. The molecule has 154 valence electrons. The van der Waals surface area contributed by atoms with E-state index < -0.39 is 34.5 Å². The van der Waals surface area contributed by atoms with E-state index in [1.807, 2.05) is 0 Å². The zero-order valence-electron chi connectivity index (χ0n) is 15.6. The Balaban J connectivity index is 1.74. The fourth-order valence-electron chi connectivity index (χ4n) is 3.34. The van der Waals surface area contributed by atoms with Crippen molar-refractivity contribution in [3.05, 3.63) is 93.4 Å². The predicted octanol–water partition coefficient (Wildman–Crippen LogP) is 2.29. The molecule has 1 aromatic heterocycles. The molecule has 1 aliphatic rings. The third-order valence-electron chi connectivity index (χ3n) is 4.84. The first-order valence-corrected chi connectivity index (χ1v) is 9.04. The Kier molecular flexibility index (Phi) is 4.86. The molecule has 2 aromatic carbocycles. The largest absolute Gasteiger partial charge is 0.503 e. The van der Waals surface area contributed by atoms with Crippen molar-refractivity contribution < 1.29 is 23.8 Å². The average molecular weight is 413 g/mol. The molecule has 0 aliphatic carbocycles. The van der Waals surface area contributed by atoms with Crippen LogP contribution in [0.4, 0.5) is 8.78 Å². The van der Waals surface area contributed by atoms with Gasteiger partial charge in [0, 0.05) is 6.54 Å². The molecule has 4 rings (SSSR count). The summed E-state index contributed by atoms with van der Waals surface area (Å²) in [5.41, 5.74) is 0.00453. The highest BCUT2D eigenvalue weighted by molar-refractivity contribution is 5.96. The van der Waals surface area contributed by atoms with E-state index in [2.05, 4.69) is 0 Å². The van der Waals surface area contributed by atoms with Gasteiger partial charge in [-0.1, -0.05) is 24.3 Å². The van der Waals surface area contributed by atoms with Gasteiger partial charge in [0.2, 0.25) is 0 Å². The normalized spacial score (nSPS) is 13.5. The van der Waals surface area contributed by atoms with Crippen LogP contribution in [0.5, 0.6) is 11.5 Å². The lowest BCUT2D eigenvalue weighted by Gasteiger charge is -2.39. The van der Waals surface area contributed by atoms with E-state index in [4.69, 9.17) is 0 Å². The number of fused-ring (bicyclic) bond motifs is 1. The summed E-state index contributed by atoms with van der Waals surface area (Å²) in [6.07, 6.45) is 1.06. The topological polar surface area (TPSA) is 86.0 Å². The molecule has 0 bridgehead atoms. The van der Waals surface area contributed by atoms with Gasteiger partial charge >= 0.3 is 0 Å². The maximum absolute atomic E-state index is 13.2. The highest BCUT2D eigenvalue weighted by Gasteiger charge is 2.33. The Hall–Kier alpha value is -3.88.